The molecule has 1 saturated heterocycles. The highest BCUT2D eigenvalue weighted by molar-refractivity contribution is 7.91. The summed E-state index contributed by atoms with van der Waals surface area (Å²) in [5.41, 5.74) is 1.44. The van der Waals surface area contributed by atoms with E-state index >= 15 is 0 Å². The van der Waals surface area contributed by atoms with Gasteiger partial charge in [0.15, 0.2) is 0 Å². The Balaban J connectivity index is 1.93. The first-order valence-corrected chi connectivity index (χ1v) is 14.7. The Labute approximate surface area is 204 Å². The van der Waals surface area contributed by atoms with E-state index in [1.165, 1.54) is 24.3 Å². The molecule has 2 aromatic rings. The number of likely N-dealkylation sites (tertiary alicyclic amines) is 1. The molecule has 0 unspecified atom stereocenters. The molecule has 0 spiro atoms. The Morgan fingerprint density at radius 2 is 1.47 bits per heavy atom. The molecule has 3 rings (SSSR count). The molecule has 0 radical (unpaired) electrons. The van der Waals surface area contributed by atoms with E-state index in [1.807, 2.05) is 13.8 Å². The Kier molecular flexibility index (Phi) is 7.82. The molecule has 0 bridgehead atoms. The Morgan fingerprint density at radius 1 is 0.912 bits per heavy atom. The maximum absolute atomic E-state index is 13.5. The van der Waals surface area contributed by atoms with Crippen molar-refractivity contribution >= 4 is 25.5 Å². The van der Waals surface area contributed by atoms with Crippen molar-refractivity contribution in [1.82, 2.24) is 9.62 Å². The van der Waals surface area contributed by atoms with Gasteiger partial charge >= 0.3 is 0 Å². The number of sulfonamides is 1. The van der Waals surface area contributed by atoms with Crippen molar-refractivity contribution in [3.8, 4) is 0 Å². The van der Waals surface area contributed by atoms with Crippen molar-refractivity contribution in [1.29, 1.82) is 0 Å². The monoisotopic (exact) mass is 507 g/mol. The predicted molar refractivity (Wildman–Crippen MR) is 137 cm³/mol. The van der Waals surface area contributed by atoms with Crippen LogP contribution in [0.15, 0.2) is 57.2 Å². The number of hydrogen-bond acceptors (Lipinski definition) is 6. The third kappa shape index (κ3) is 5.82. The van der Waals surface area contributed by atoms with E-state index < -0.39 is 19.9 Å². The summed E-state index contributed by atoms with van der Waals surface area (Å²) in [4.78, 5) is 2.48. The zero-order valence-electron chi connectivity index (χ0n) is 20.9. The minimum absolute atomic E-state index is 0.0305. The van der Waals surface area contributed by atoms with Gasteiger partial charge in [-0.3, -0.25) is 4.90 Å². The molecule has 0 atom stereocenters. The lowest BCUT2D eigenvalue weighted by molar-refractivity contribution is 0.100. The average Bonchev–Trinajstić information content (AvgIpc) is 2.78. The van der Waals surface area contributed by atoms with Crippen LogP contribution in [0, 0.1) is 0 Å². The van der Waals surface area contributed by atoms with Gasteiger partial charge in [-0.1, -0.05) is 19.9 Å². The zero-order chi connectivity index (χ0) is 25.3. The summed E-state index contributed by atoms with van der Waals surface area (Å²) in [6.45, 7) is 11.9. The van der Waals surface area contributed by atoms with E-state index in [-0.39, 0.29) is 32.2 Å². The molecule has 0 saturated carbocycles. The Bertz CT molecular complexity index is 1210. The van der Waals surface area contributed by atoms with Gasteiger partial charge in [-0.2, -0.15) is 0 Å². The Morgan fingerprint density at radius 3 is 1.97 bits per heavy atom. The van der Waals surface area contributed by atoms with Crippen molar-refractivity contribution in [3.05, 3.63) is 48.0 Å². The molecular formula is C25H37N3O4S2. The van der Waals surface area contributed by atoms with Crippen LogP contribution in [0.25, 0.3) is 0 Å². The van der Waals surface area contributed by atoms with Gasteiger partial charge in [0.05, 0.1) is 14.7 Å². The van der Waals surface area contributed by atoms with E-state index in [0.29, 0.717) is 18.4 Å². The summed E-state index contributed by atoms with van der Waals surface area (Å²) in [7, 11) is -6.02. The van der Waals surface area contributed by atoms with Crippen LogP contribution in [-0.4, -0.2) is 53.5 Å². The van der Waals surface area contributed by atoms with Crippen molar-refractivity contribution in [2.45, 2.75) is 79.6 Å². The summed E-state index contributed by atoms with van der Waals surface area (Å²) < 4.78 is 56.4. The first kappa shape index (κ1) is 26.7. The van der Waals surface area contributed by atoms with Crippen LogP contribution in [0.4, 0.5) is 5.69 Å². The lowest BCUT2D eigenvalue weighted by Crippen LogP contribution is -2.50. The summed E-state index contributed by atoms with van der Waals surface area (Å²) in [5, 5.41) is 2.96. The first-order valence-electron chi connectivity index (χ1n) is 11.7. The van der Waals surface area contributed by atoms with E-state index in [1.54, 1.807) is 25.2 Å². The van der Waals surface area contributed by atoms with Crippen LogP contribution >= 0.6 is 0 Å². The van der Waals surface area contributed by atoms with Gasteiger partial charge in [0.25, 0.3) is 0 Å². The normalized spacial score (nSPS) is 16.7. The molecule has 2 aromatic carbocycles. The first-order chi connectivity index (χ1) is 15.8. The number of hydrogen-bond donors (Lipinski definition) is 2. The van der Waals surface area contributed by atoms with Crippen molar-refractivity contribution in [2.24, 2.45) is 0 Å². The molecule has 7 nitrogen and oxygen atoms in total. The second-order valence-corrected chi connectivity index (χ2v) is 13.8. The van der Waals surface area contributed by atoms with Crippen LogP contribution in [-0.2, 0) is 19.9 Å². The minimum atomic E-state index is -3.91. The molecule has 1 aliphatic heterocycles. The maximum Gasteiger partial charge on any atom is 0.241 e. The molecule has 0 aliphatic carbocycles. The van der Waals surface area contributed by atoms with Crippen molar-refractivity contribution in [3.63, 3.8) is 0 Å². The second-order valence-electron chi connectivity index (χ2n) is 10.2. The van der Waals surface area contributed by atoms with Gasteiger partial charge in [-0.25, -0.2) is 21.6 Å². The highest BCUT2D eigenvalue weighted by Crippen LogP contribution is 2.31. The lowest BCUT2D eigenvalue weighted by atomic mass is 9.99. The van der Waals surface area contributed by atoms with Crippen LogP contribution in [0.5, 0.6) is 0 Å². The van der Waals surface area contributed by atoms with Gasteiger partial charge in [0.1, 0.15) is 0 Å². The standard InChI is InChI=1S/C25H37N3O4S2/c1-18(2)23-12-11-22(33(29,30)21-9-7-19(26-6)8-10-21)17-24(23)34(31,32)27-20-13-15-28(16-14-20)25(3,4)5/h7-12,17-18,20,26-27H,13-16H2,1-6H3. The molecule has 2 N–H and O–H groups in total. The van der Waals surface area contributed by atoms with Crippen LogP contribution < -0.4 is 10.0 Å². The SMILES string of the molecule is CNc1ccc(S(=O)(=O)c2ccc(C(C)C)c(S(=O)(=O)NC3CCN(C(C)(C)C)CC3)c2)cc1. The van der Waals surface area contributed by atoms with Crippen molar-refractivity contribution in [2.75, 3.05) is 25.5 Å². The number of benzene rings is 2. The second kappa shape index (κ2) is 9.97. The van der Waals surface area contributed by atoms with Gasteiger partial charge in [-0.15, -0.1) is 0 Å². The number of piperidine rings is 1. The fraction of sp³-hybridized carbons (Fsp3) is 0.520. The summed E-state index contributed by atoms with van der Waals surface area (Å²) in [6.07, 6.45) is 1.42. The molecular weight excluding hydrogens is 470 g/mol. The number of nitrogens with one attached hydrogen (secondary N) is 2. The molecule has 1 heterocycles. The average molecular weight is 508 g/mol. The van der Waals surface area contributed by atoms with Gasteiger partial charge < -0.3 is 5.32 Å². The fourth-order valence-electron chi connectivity index (χ4n) is 4.28. The lowest BCUT2D eigenvalue weighted by Gasteiger charge is -2.40. The van der Waals surface area contributed by atoms with Crippen molar-refractivity contribution < 1.29 is 16.8 Å². The zero-order valence-corrected chi connectivity index (χ0v) is 22.6. The van der Waals surface area contributed by atoms with E-state index in [4.69, 9.17) is 0 Å². The van der Waals surface area contributed by atoms with E-state index in [9.17, 15) is 16.8 Å². The topological polar surface area (TPSA) is 95.6 Å². The maximum atomic E-state index is 13.5. The quantitative estimate of drug-likeness (QED) is 0.582. The molecule has 1 fully saturated rings. The number of rotatable bonds is 7. The van der Waals surface area contributed by atoms with Gasteiger partial charge in [-0.05, 0) is 81.5 Å². The number of nitrogens with zero attached hydrogens (tertiary/aromatic N) is 1. The van der Waals surface area contributed by atoms with Gasteiger partial charge in [0.2, 0.25) is 19.9 Å². The molecule has 1 aliphatic rings. The van der Waals surface area contributed by atoms with Crippen LogP contribution in [0.1, 0.15) is 58.9 Å². The van der Waals surface area contributed by atoms with E-state index in [0.717, 1.165) is 18.8 Å². The molecule has 34 heavy (non-hydrogen) atoms. The third-order valence-electron chi connectivity index (χ3n) is 6.43. The smallest absolute Gasteiger partial charge is 0.241 e. The number of sulfone groups is 1. The highest BCUT2D eigenvalue weighted by atomic mass is 32.2. The number of anilines is 1. The third-order valence-corrected chi connectivity index (χ3v) is 9.77. The van der Waals surface area contributed by atoms with Crippen LogP contribution in [0.2, 0.25) is 0 Å². The van der Waals surface area contributed by atoms with Gasteiger partial charge in [0, 0.05) is 37.4 Å². The molecule has 0 aromatic heterocycles. The summed E-state index contributed by atoms with van der Waals surface area (Å²) >= 11 is 0. The molecule has 188 valence electrons. The minimum Gasteiger partial charge on any atom is -0.388 e. The molecule has 9 heteroatoms. The Hall–Kier alpha value is -1.94. The van der Waals surface area contributed by atoms with Crippen LogP contribution in [0.3, 0.4) is 0 Å². The summed E-state index contributed by atoms with van der Waals surface area (Å²) in [6, 6.07) is 10.6. The highest BCUT2D eigenvalue weighted by Gasteiger charge is 2.31. The fourth-order valence-corrected chi connectivity index (χ4v) is 7.34. The molecule has 0 amide bonds. The van der Waals surface area contributed by atoms with E-state index in [2.05, 4.69) is 35.7 Å². The largest absolute Gasteiger partial charge is 0.388 e. The summed E-state index contributed by atoms with van der Waals surface area (Å²) in [5.74, 6) is -0.0824. The predicted octanol–water partition coefficient (Wildman–Crippen LogP) is 4.23.